The van der Waals surface area contributed by atoms with Crippen molar-refractivity contribution >= 4 is 29.1 Å². The van der Waals surface area contributed by atoms with E-state index >= 15 is 0 Å². The minimum absolute atomic E-state index is 0.125. The van der Waals surface area contributed by atoms with Gasteiger partial charge in [-0.1, -0.05) is 29.8 Å². The summed E-state index contributed by atoms with van der Waals surface area (Å²) in [5.41, 5.74) is 1.09. The largest absolute Gasteiger partial charge is 0.495 e. The van der Waals surface area contributed by atoms with Gasteiger partial charge in [0.25, 0.3) is 0 Å². The number of hydrogen-bond donors (Lipinski definition) is 1. The van der Waals surface area contributed by atoms with Crippen LogP contribution in [0.5, 0.6) is 5.75 Å². The maximum atomic E-state index is 13.7. The molecule has 0 heterocycles. The number of hydrogen-bond acceptors (Lipinski definition) is 3. The minimum Gasteiger partial charge on any atom is -0.495 e. The van der Waals surface area contributed by atoms with Gasteiger partial charge < -0.3 is 15.0 Å². The zero-order valence-corrected chi connectivity index (χ0v) is 16.1. The normalized spacial score (nSPS) is 10.4. The first kappa shape index (κ1) is 20.7. The third-order valence-electron chi connectivity index (χ3n) is 4.10. The molecule has 7 heteroatoms. The van der Waals surface area contributed by atoms with Crippen LogP contribution in [-0.2, 0) is 16.0 Å². The van der Waals surface area contributed by atoms with Crippen LogP contribution in [0.3, 0.4) is 0 Å². The number of anilines is 1. The van der Waals surface area contributed by atoms with E-state index in [4.69, 9.17) is 16.3 Å². The Morgan fingerprint density at radius 1 is 1.19 bits per heavy atom. The molecule has 0 aliphatic heterocycles. The van der Waals surface area contributed by atoms with E-state index in [1.54, 1.807) is 36.4 Å². The van der Waals surface area contributed by atoms with Gasteiger partial charge >= 0.3 is 0 Å². The molecular formula is C20H22ClFN2O3. The molecule has 0 radical (unpaired) electrons. The Bertz CT molecular complexity index is 814. The molecule has 0 spiro atoms. The van der Waals surface area contributed by atoms with Crippen molar-refractivity contribution in [3.63, 3.8) is 0 Å². The van der Waals surface area contributed by atoms with Crippen molar-refractivity contribution in [2.45, 2.75) is 19.8 Å². The lowest BCUT2D eigenvalue weighted by Crippen LogP contribution is -2.33. The molecule has 2 aromatic rings. The van der Waals surface area contributed by atoms with E-state index in [0.717, 1.165) is 0 Å². The van der Waals surface area contributed by atoms with Crippen molar-refractivity contribution in [1.82, 2.24) is 4.90 Å². The lowest BCUT2D eigenvalue weighted by Gasteiger charge is -2.21. The number of amides is 2. The Balaban J connectivity index is 1.87. The molecule has 0 aliphatic carbocycles. The second-order valence-corrected chi connectivity index (χ2v) is 6.40. The van der Waals surface area contributed by atoms with Crippen molar-refractivity contribution < 1.29 is 18.7 Å². The number of methoxy groups -OCH3 is 1. The van der Waals surface area contributed by atoms with E-state index in [-0.39, 0.29) is 30.6 Å². The lowest BCUT2D eigenvalue weighted by molar-refractivity contribution is -0.129. The van der Waals surface area contributed by atoms with Gasteiger partial charge in [-0.15, -0.1) is 0 Å². The van der Waals surface area contributed by atoms with Crippen LogP contribution in [-0.4, -0.2) is 36.9 Å². The van der Waals surface area contributed by atoms with E-state index in [0.29, 0.717) is 35.0 Å². The quantitative estimate of drug-likeness (QED) is 0.741. The Morgan fingerprint density at radius 2 is 1.93 bits per heavy atom. The highest BCUT2D eigenvalue weighted by Gasteiger charge is 2.13. The summed E-state index contributed by atoms with van der Waals surface area (Å²) < 4.78 is 18.8. The summed E-state index contributed by atoms with van der Waals surface area (Å²) in [5.74, 6) is -0.180. The monoisotopic (exact) mass is 392 g/mol. The van der Waals surface area contributed by atoms with Gasteiger partial charge in [-0.25, -0.2) is 4.39 Å². The van der Waals surface area contributed by atoms with Crippen LogP contribution in [0.25, 0.3) is 0 Å². The molecule has 2 rings (SSSR count). The molecule has 0 saturated heterocycles. The molecule has 0 aromatic heterocycles. The highest BCUT2D eigenvalue weighted by atomic mass is 35.5. The van der Waals surface area contributed by atoms with Crippen LogP contribution in [0.15, 0.2) is 42.5 Å². The average Bonchev–Trinajstić information content (AvgIpc) is 2.63. The number of nitrogens with one attached hydrogen (secondary N) is 1. The minimum atomic E-state index is -0.296. The third kappa shape index (κ3) is 6.25. The first-order chi connectivity index (χ1) is 12.9. The first-order valence-corrected chi connectivity index (χ1v) is 8.91. The molecule has 27 heavy (non-hydrogen) atoms. The molecule has 0 bridgehead atoms. The summed E-state index contributed by atoms with van der Waals surface area (Å²) in [7, 11) is 1.51. The van der Waals surface area contributed by atoms with E-state index in [1.807, 2.05) is 0 Å². The molecule has 1 N–H and O–H groups in total. The Hall–Kier alpha value is -2.60. The van der Waals surface area contributed by atoms with Gasteiger partial charge in [0.05, 0.1) is 12.1 Å². The summed E-state index contributed by atoms with van der Waals surface area (Å²) in [6.07, 6.45) is 0.516. The number of benzene rings is 2. The smallest absolute Gasteiger partial charge is 0.226 e. The highest BCUT2D eigenvalue weighted by molar-refractivity contribution is 6.32. The fraction of sp³-hybridized carbons (Fsp3) is 0.300. The molecule has 2 aromatic carbocycles. The van der Waals surface area contributed by atoms with Gasteiger partial charge in [-0.2, -0.15) is 0 Å². The number of carbonyl (C=O) groups excluding carboxylic acids is 2. The average molecular weight is 393 g/mol. The molecule has 0 aliphatic rings. The van der Waals surface area contributed by atoms with Gasteiger partial charge in [0.2, 0.25) is 11.8 Å². The number of ether oxygens (including phenoxy) is 1. The number of rotatable bonds is 8. The van der Waals surface area contributed by atoms with Crippen molar-refractivity contribution in [2.24, 2.45) is 0 Å². The van der Waals surface area contributed by atoms with Crippen molar-refractivity contribution in [2.75, 3.05) is 25.5 Å². The Kier molecular flexibility index (Phi) is 7.61. The molecule has 144 valence electrons. The fourth-order valence-electron chi connectivity index (χ4n) is 2.59. The standard InChI is InChI=1S/C20H22ClFN2O3/c1-14(25)24(11-9-15-5-3-4-6-18(15)22)12-10-20(26)23-16-7-8-19(27-2)17(21)13-16/h3-8,13H,9-12H2,1-2H3,(H,23,26). The maximum absolute atomic E-state index is 13.7. The van der Waals surface area contributed by atoms with Gasteiger partial charge in [0.1, 0.15) is 11.6 Å². The van der Waals surface area contributed by atoms with E-state index in [1.165, 1.54) is 25.0 Å². The molecule has 5 nitrogen and oxygen atoms in total. The lowest BCUT2D eigenvalue weighted by atomic mass is 10.1. The third-order valence-corrected chi connectivity index (χ3v) is 4.39. The second kappa shape index (κ2) is 9.92. The molecule has 0 atom stereocenters. The van der Waals surface area contributed by atoms with E-state index in [9.17, 15) is 14.0 Å². The zero-order chi connectivity index (χ0) is 19.8. The van der Waals surface area contributed by atoms with Gasteiger partial charge in [-0.05, 0) is 36.2 Å². The first-order valence-electron chi connectivity index (χ1n) is 8.53. The van der Waals surface area contributed by atoms with Crippen LogP contribution < -0.4 is 10.1 Å². The van der Waals surface area contributed by atoms with Gasteiger partial charge in [-0.3, -0.25) is 9.59 Å². The summed E-state index contributed by atoms with van der Waals surface area (Å²) in [6.45, 7) is 2.03. The van der Waals surface area contributed by atoms with Crippen LogP contribution in [0.2, 0.25) is 5.02 Å². The molecule has 0 fully saturated rings. The Labute approximate surface area is 163 Å². The van der Waals surface area contributed by atoms with Gasteiger partial charge in [0, 0.05) is 32.1 Å². The molecular weight excluding hydrogens is 371 g/mol. The van der Waals surface area contributed by atoms with Crippen molar-refractivity contribution in [3.05, 3.63) is 58.9 Å². The topological polar surface area (TPSA) is 58.6 Å². The van der Waals surface area contributed by atoms with Crippen molar-refractivity contribution in [1.29, 1.82) is 0 Å². The fourth-order valence-corrected chi connectivity index (χ4v) is 2.85. The van der Waals surface area contributed by atoms with Crippen LogP contribution in [0, 0.1) is 5.82 Å². The number of carbonyl (C=O) groups is 2. The summed E-state index contributed by atoms with van der Waals surface area (Å²) >= 11 is 6.03. The zero-order valence-electron chi connectivity index (χ0n) is 15.3. The van der Waals surface area contributed by atoms with Crippen LogP contribution in [0.1, 0.15) is 18.9 Å². The second-order valence-electron chi connectivity index (χ2n) is 5.99. The molecule has 0 unspecified atom stereocenters. The van der Waals surface area contributed by atoms with E-state index < -0.39 is 0 Å². The predicted octanol–water partition coefficient (Wildman–Crippen LogP) is 3.91. The summed E-state index contributed by atoms with van der Waals surface area (Å²) in [4.78, 5) is 25.5. The SMILES string of the molecule is COc1ccc(NC(=O)CCN(CCc2ccccc2F)C(C)=O)cc1Cl. The number of nitrogens with zero attached hydrogens (tertiary/aromatic N) is 1. The number of halogens is 2. The van der Waals surface area contributed by atoms with Crippen molar-refractivity contribution in [3.8, 4) is 5.75 Å². The van der Waals surface area contributed by atoms with Gasteiger partial charge in [0.15, 0.2) is 0 Å². The highest BCUT2D eigenvalue weighted by Crippen LogP contribution is 2.27. The molecule has 2 amide bonds. The van der Waals surface area contributed by atoms with Crippen LogP contribution >= 0.6 is 11.6 Å². The Morgan fingerprint density at radius 3 is 2.56 bits per heavy atom. The predicted molar refractivity (Wildman–Crippen MR) is 104 cm³/mol. The summed E-state index contributed by atoms with van der Waals surface area (Å²) in [6, 6.07) is 11.4. The van der Waals surface area contributed by atoms with E-state index in [2.05, 4.69) is 5.32 Å². The van der Waals surface area contributed by atoms with Crippen LogP contribution in [0.4, 0.5) is 10.1 Å². The molecule has 0 saturated carbocycles. The maximum Gasteiger partial charge on any atom is 0.226 e. The summed E-state index contributed by atoms with van der Waals surface area (Å²) in [5, 5.41) is 3.13.